The minimum absolute atomic E-state index is 0. The molecule has 3 aromatic heterocycles. The van der Waals surface area contributed by atoms with Crippen LogP contribution >= 0.6 is 23.2 Å². The first-order valence-electron chi connectivity index (χ1n) is 15.3. The fourth-order valence-electron chi connectivity index (χ4n) is 5.68. The van der Waals surface area contributed by atoms with Gasteiger partial charge in [0.25, 0.3) is 5.56 Å². The number of aliphatic hydroxyl groups is 1. The number of nitrogens with one attached hydrogen (secondary N) is 1. The van der Waals surface area contributed by atoms with Gasteiger partial charge in [0.15, 0.2) is 0 Å². The van der Waals surface area contributed by atoms with Gasteiger partial charge in [-0.15, -0.1) is 11.1 Å². The van der Waals surface area contributed by atoms with Gasteiger partial charge in [-0.25, -0.2) is 9.67 Å². The number of pyridine rings is 2. The molecule has 1 saturated heterocycles. The molecular formula is C35H30Cl2F3MnN5O4. The Morgan fingerprint density at radius 3 is 2.44 bits per heavy atom. The van der Waals surface area contributed by atoms with Gasteiger partial charge in [0, 0.05) is 48.0 Å². The molecule has 9 nitrogen and oxygen atoms in total. The molecule has 2 aromatic carbocycles. The Hall–Kier alpha value is -3.84. The second-order valence-electron chi connectivity index (χ2n) is 11.3. The van der Waals surface area contributed by atoms with Gasteiger partial charge in [-0.2, -0.15) is 31.1 Å². The molecule has 15 heteroatoms. The number of halogens is 5. The molecular weight excluding hydrogens is 737 g/mol. The van der Waals surface area contributed by atoms with E-state index in [-0.39, 0.29) is 50.5 Å². The summed E-state index contributed by atoms with van der Waals surface area (Å²) in [5, 5.41) is 15.9. The zero-order valence-corrected chi connectivity index (χ0v) is 29.4. The molecule has 0 saturated carbocycles. The van der Waals surface area contributed by atoms with Crippen molar-refractivity contribution in [3.05, 3.63) is 105 Å². The summed E-state index contributed by atoms with van der Waals surface area (Å²) >= 11 is 13.8. The maximum atomic E-state index is 13.7. The van der Waals surface area contributed by atoms with Crippen LogP contribution in [0.1, 0.15) is 29.7 Å². The Balaban J connectivity index is 0.000000543. The zero-order chi connectivity index (χ0) is 34.9. The molecule has 0 unspecified atom stereocenters. The van der Waals surface area contributed by atoms with Gasteiger partial charge in [0.2, 0.25) is 0 Å². The van der Waals surface area contributed by atoms with E-state index in [1.165, 1.54) is 13.2 Å². The van der Waals surface area contributed by atoms with Crippen LogP contribution in [0.5, 0.6) is 5.88 Å². The monoisotopic (exact) mass is 766 g/mol. The Morgan fingerprint density at radius 1 is 1.06 bits per heavy atom. The van der Waals surface area contributed by atoms with E-state index in [1.54, 1.807) is 31.4 Å². The van der Waals surface area contributed by atoms with Gasteiger partial charge < -0.3 is 19.9 Å². The van der Waals surface area contributed by atoms with Crippen LogP contribution in [-0.4, -0.2) is 51.3 Å². The molecule has 5 aromatic rings. The molecule has 1 aliphatic heterocycles. The molecule has 4 heterocycles. The third kappa shape index (κ3) is 7.73. The van der Waals surface area contributed by atoms with Crippen LogP contribution in [0.15, 0.2) is 59.5 Å². The number of benzene rings is 2. The molecule has 2 N–H and O–H groups in total. The molecule has 0 spiro atoms. The molecule has 1 aliphatic carbocycles. The third-order valence-electron chi connectivity index (χ3n) is 8.09. The molecule has 1 atom stereocenters. The number of alkyl halides is 3. The average molecular weight is 767 g/mol. The van der Waals surface area contributed by atoms with E-state index < -0.39 is 17.4 Å². The number of aryl methyl sites for hydroxylation is 2. The van der Waals surface area contributed by atoms with E-state index in [2.05, 4.69) is 26.8 Å². The normalized spacial score (nSPS) is 15.3. The largest absolute Gasteiger partial charge is 2.00 e. The van der Waals surface area contributed by atoms with Gasteiger partial charge in [-0.05, 0) is 18.2 Å². The molecule has 0 amide bonds. The van der Waals surface area contributed by atoms with Crippen molar-refractivity contribution in [2.45, 2.75) is 31.5 Å². The molecule has 1 fully saturated rings. The molecule has 0 bridgehead atoms. The molecule has 7 rings (SSSR count). The summed E-state index contributed by atoms with van der Waals surface area (Å²) in [5.41, 5.74) is 2.94. The fourth-order valence-corrected chi connectivity index (χ4v) is 6.28. The van der Waals surface area contributed by atoms with Crippen molar-refractivity contribution in [1.82, 2.24) is 19.7 Å². The predicted octanol–water partition coefficient (Wildman–Crippen LogP) is 7.60. The Kier molecular flexibility index (Phi) is 11.7. The zero-order valence-electron chi connectivity index (χ0n) is 26.7. The topological polar surface area (TPSA) is 111 Å². The van der Waals surface area contributed by atoms with E-state index in [4.69, 9.17) is 37.8 Å². The quantitative estimate of drug-likeness (QED) is 0.139. The summed E-state index contributed by atoms with van der Waals surface area (Å²) in [7, 11) is 2.97. The van der Waals surface area contributed by atoms with E-state index in [0.29, 0.717) is 39.9 Å². The first kappa shape index (κ1) is 37.4. The number of nitrogens with zero attached hydrogens (tertiary/aromatic N) is 4. The Morgan fingerprint density at radius 2 is 1.78 bits per heavy atom. The SMILES string of the molecule is COc1nc(-c2cccc(-c3cccc(Nc4nc(C(F)(F)F)cc5cnn(C)c(=O)c45)c3Cl)c2Cl)cc2c1[CH-]CC2.O[C@H]1[CH-]CCOC1.[Mn+2]. The number of methoxy groups -OCH3 is 1. The number of anilines is 2. The molecule has 1 radical (unpaired) electrons. The van der Waals surface area contributed by atoms with E-state index in [1.807, 2.05) is 24.6 Å². The van der Waals surface area contributed by atoms with Crippen LogP contribution in [-0.2, 0) is 41.5 Å². The first-order valence-corrected chi connectivity index (χ1v) is 16.0. The number of aliphatic hydroxyl groups excluding tert-OH is 1. The maximum absolute atomic E-state index is 13.7. The van der Waals surface area contributed by atoms with Crippen LogP contribution in [0, 0.1) is 12.8 Å². The van der Waals surface area contributed by atoms with Crippen molar-refractivity contribution < 1.29 is 44.8 Å². The fraction of sp³-hybridized carbons (Fsp3) is 0.257. The van der Waals surface area contributed by atoms with Crippen molar-refractivity contribution in [3.63, 3.8) is 0 Å². The van der Waals surface area contributed by atoms with Gasteiger partial charge in [0.05, 0.1) is 34.4 Å². The molecule has 50 heavy (non-hydrogen) atoms. The van der Waals surface area contributed by atoms with Crippen molar-refractivity contribution in [2.24, 2.45) is 7.05 Å². The standard InChI is InChI=1S/C30H21Cl2F3N5O2.C5H9O2.Mn/c1-40-29(41)24-16(14-36-40)13-23(30(33,34)35)39-27(24)37-21-11-5-9-19(26(21)32)18-8-4-10-20(25(18)31)22-12-15-6-3-7-17(15)28(38-22)42-2;6-5-2-1-3-7-4-5;/h4-5,7-14H,3,6H2,1-2H3,(H,37,39);2,5-6H,1,3-4H2;/q2*-1;+2/t;5-;/m.0./s1. The Labute approximate surface area is 306 Å². The van der Waals surface area contributed by atoms with Gasteiger partial charge in [0.1, 0.15) is 17.4 Å². The predicted molar refractivity (Wildman–Crippen MR) is 182 cm³/mol. The van der Waals surface area contributed by atoms with Crippen molar-refractivity contribution in [2.75, 3.05) is 25.6 Å². The molecule has 261 valence electrons. The number of aromatic nitrogens is 4. The van der Waals surface area contributed by atoms with E-state index in [0.717, 1.165) is 47.7 Å². The van der Waals surface area contributed by atoms with Crippen LogP contribution in [0.25, 0.3) is 33.2 Å². The number of hydrogen-bond acceptors (Lipinski definition) is 8. The van der Waals surface area contributed by atoms with Crippen LogP contribution in [0.4, 0.5) is 24.7 Å². The van der Waals surface area contributed by atoms with Crippen molar-refractivity contribution in [3.8, 4) is 28.3 Å². The first-order chi connectivity index (χ1) is 23.5. The van der Waals surface area contributed by atoms with E-state index >= 15 is 0 Å². The summed E-state index contributed by atoms with van der Waals surface area (Å²) in [4.78, 5) is 21.3. The minimum atomic E-state index is -4.75. The summed E-state index contributed by atoms with van der Waals surface area (Å²) in [6.45, 7) is 1.26. The minimum Gasteiger partial charge on any atom is -0.537 e. The van der Waals surface area contributed by atoms with Crippen LogP contribution in [0.2, 0.25) is 10.0 Å². The number of ether oxygens (including phenoxy) is 2. The smallest absolute Gasteiger partial charge is 0.537 e. The summed E-state index contributed by atoms with van der Waals surface area (Å²) in [5.74, 6) is 0.223. The summed E-state index contributed by atoms with van der Waals surface area (Å²) in [6, 6.07) is 13.2. The Bertz CT molecular complexity index is 2090. The second kappa shape index (κ2) is 15.6. The number of hydrogen-bond donors (Lipinski definition) is 2. The third-order valence-corrected chi connectivity index (χ3v) is 8.90. The number of fused-ring (bicyclic) bond motifs is 2. The maximum Gasteiger partial charge on any atom is 2.00 e. The van der Waals surface area contributed by atoms with Crippen LogP contribution in [0.3, 0.4) is 0 Å². The van der Waals surface area contributed by atoms with Crippen molar-refractivity contribution in [1.29, 1.82) is 0 Å². The average Bonchev–Trinajstić information content (AvgIpc) is 3.56. The van der Waals surface area contributed by atoms with Crippen molar-refractivity contribution >= 4 is 45.5 Å². The van der Waals surface area contributed by atoms with Gasteiger partial charge in [-0.1, -0.05) is 72.4 Å². The molecule has 2 aliphatic rings. The van der Waals surface area contributed by atoms with Gasteiger partial charge >= 0.3 is 23.2 Å². The van der Waals surface area contributed by atoms with Crippen LogP contribution < -0.4 is 15.6 Å². The van der Waals surface area contributed by atoms with Gasteiger partial charge in [-0.3, -0.25) is 16.2 Å². The summed E-state index contributed by atoms with van der Waals surface area (Å²) < 4.78 is 52.5. The second-order valence-corrected chi connectivity index (χ2v) is 12.1. The number of rotatable bonds is 5. The summed E-state index contributed by atoms with van der Waals surface area (Å²) in [6.07, 6.45) is 2.74. The van der Waals surface area contributed by atoms with E-state index in [9.17, 15) is 18.0 Å².